The van der Waals surface area contributed by atoms with Gasteiger partial charge >= 0.3 is 12.3 Å². The molecular formula is C28H34ClF3N2O5. The number of alkyl halides is 3. The summed E-state index contributed by atoms with van der Waals surface area (Å²) in [5.41, 5.74) is 3.62. The lowest BCUT2D eigenvalue weighted by Gasteiger charge is -2.25. The lowest BCUT2D eigenvalue weighted by atomic mass is 9.83. The molecule has 4 rings (SSSR count). The summed E-state index contributed by atoms with van der Waals surface area (Å²) >= 11 is 0. The molecule has 0 aromatic heterocycles. The highest BCUT2D eigenvalue weighted by Crippen LogP contribution is 2.40. The smallest absolute Gasteiger partial charge is 0.489 e. The monoisotopic (exact) mass is 570 g/mol. The van der Waals surface area contributed by atoms with Crippen LogP contribution in [-0.2, 0) is 22.6 Å². The van der Waals surface area contributed by atoms with Gasteiger partial charge in [-0.15, -0.1) is 25.6 Å². The number of amides is 1. The Kier molecular flexibility index (Phi) is 10.1. The average Bonchev–Trinajstić information content (AvgIpc) is 3.31. The van der Waals surface area contributed by atoms with Gasteiger partial charge in [-0.1, -0.05) is 31.4 Å². The predicted octanol–water partition coefficient (Wildman–Crippen LogP) is 5.89. The Morgan fingerprint density at radius 2 is 1.85 bits per heavy atom. The van der Waals surface area contributed by atoms with E-state index in [4.69, 9.17) is 9.84 Å². The van der Waals surface area contributed by atoms with Crippen LogP contribution in [0.2, 0.25) is 0 Å². The van der Waals surface area contributed by atoms with E-state index < -0.39 is 18.4 Å². The molecule has 1 amide bonds. The quantitative estimate of drug-likeness (QED) is 0.391. The van der Waals surface area contributed by atoms with E-state index in [0.29, 0.717) is 35.5 Å². The summed E-state index contributed by atoms with van der Waals surface area (Å²) in [6.07, 6.45) is 0.288. The molecule has 0 saturated heterocycles. The van der Waals surface area contributed by atoms with E-state index in [1.54, 1.807) is 36.2 Å². The van der Waals surface area contributed by atoms with E-state index in [1.165, 1.54) is 6.07 Å². The van der Waals surface area contributed by atoms with Gasteiger partial charge in [-0.3, -0.25) is 9.59 Å². The van der Waals surface area contributed by atoms with Crippen LogP contribution in [0, 0.1) is 6.92 Å². The van der Waals surface area contributed by atoms with Crippen LogP contribution in [0.3, 0.4) is 0 Å². The van der Waals surface area contributed by atoms with E-state index in [-0.39, 0.29) is 43.0 Å². The van der Waals surface area contributed by atoms with Crippen molar-refractivity contribution in [2.45, 2.75) is 76.8 Å². The van der Waals surface area contributed by atoms with Crippen LogP contribution >= 0.6 is 12.4 Å². The number of carboxylic acids is 1. The Morgan fingerprint density at radius 3 is 2.49 bits per heavy atom. The molecule has 2 aromatic carbocycles. The van der Waals surface area contributed by atoms with E-state index >= 15 is 0 Å². The molecule has 1 heterocycles. The zero-order chi connectivity index (χ0) is 27.4. The molecule has 39 heavy (non-hydrogen) atoms. The average molecular weight is 571 g/mol. The highest BCUT2D eigenvalue weighted by molar-refractivity contribution is 6.00. The summed E-state index contributed by atoms with van der Waals surface area (Å²) < 4.78 is 49.9. The molecule has 2 aliphatic rings. The summed E-state index contributed by atoms with van der Waals surface area (Å²) in [7, 11) is 1.55. The van der Waals surface area contributed by atoms with Crippen LogP contribution in [0.25, 0.3) is 0 Å². The first kappa shape index (κ1) is 30.6. The van der Waals surface area contributed by atoms with Gasteiger partial charge in [0.05, 0.1) is 12.5 Å². The largest absolute Gasteiger partial charge is 0.573 e. The number of rotatable bonds is 9. The van der Waals surface area contributed by atoms with Crippen molar-refractivity contribution in [1.29, 1.82) is 0 Å². The molecule has 2 N–H and O–H groups in total. The Labute approximate surface area is 232 Å². The van der Waals surface area contributed by atoms with Crippen molar-refractivity contribution >= 4 is 30.0 Å². The molecule has 2 aromatic rings. The fourth-order valence-electron chi connectivity index (χ4n) is 5.49. The van der Waals surface area contributed by atoms with Gasteiger partial charge in [-0.2, -0.15) is 0 Å². The summed E-state index contributed by atoms with van der Waals surface area (Å²) in [4.78, 5) is 25.6. The molecule has 11 heteroatoms. The highest BCUT2D eigenvalue weighted by atomic mass is 35.5. The van der Waals surface area contributed by atoms with E-state index in [1.807, 2.05) is 6.92 Å². The number of nitrogens with one attached hydrogen (secondary N) is 1. The maximum absolute atomic E-state index is 13.2. The highest BCUT2D eigenvalue weighted by Gasteiger charge is 2.34. The van der Waals surface area contributed by atoms with Crippen molar-refractivity contribution in [1.82, 2.24) is 5.32 Å². The summed E-state index contributed by atoms with van der Waals surface area (Å²) in [6.45, 7) is 2.36. The number of anilines is 1. The Hall–Kier alpha value is -2.98. The van der Waals surface area contributed by atoms with Gasteiger partial charge in [0.1, 0.15) is 18.1 Å². The summed E-state index contributed by atoms with van der Waals surface area (Å²) in [6, 6.07) is 7.59. The second-order valence-corrected chi connectivity index (χ2v) is 9.91. The number of carbonyl (C=O) groups excluding carboxylic acids is 1. The molecule has 1 aliphatic heterocycles. The van der Waals surface area contributed by atoms with Crippen molar-refractivity contribution in [3.8, 4) is 11.5 Å². The number of fused-ring (bicyclic) bond motifs is 1. The Balaban J connectivity index is 0.00000420. The Morgan fingerprint density at radius 1 is 1.13 bits per heavy atom. The van der Waals surface area contributed by atoms with Crippen molar-refractivity contribution in [3.63, 3.8) is 0 Å². The number of halogens is 4. The SMILES string of the molecule is CN[C@H](CC(=O)O)C(=O)N1CCc2c1ccc(OCc1ccc(C3CCCCC3)c(OC(F)(F)F)c1)c2C.Cl. The minimum atomic E-state index is -4.78. The molecule has 1 aliphatic carbocycles. The standard InChI is InChI=1S/C28H33F3N2O5.ClH/c1-17-20-12-13-33(27(36)22(32-2)15-26(34)35)23(20)10-11-24(17)37-16-18-8-9-21(19-6-4-3-5-7-19)25(14-18)38-28(29,30)31;/h8-11,14,19,22,32H,3-7,12-13,15-16H2,1-2H3,(H,34,35);1H/t22-;/m1./s1. The molecule has 0 radical (unpaired) electrons. The molecule has 1 saturated carbocycles. The van der Waals surface area contributed by atoms with Gasteiger partial charge in [0, 0.05) is 12.2 Å². The van der Waals surface area contributed by atoms with Gasteiger partial charge in [0.25, 0.3) is 0 Å². The number of likely N-dealkylation sites (N-methyl/N-ethyl adjacent to an activating group) is 1. The first-order chi connectivity index (χ1) is 18.1. The van der Waals surface area contributed by atoms with Crippen molar-refractivity contribution in [2.75, 3.05) is 18.5 Å². The summed E-state index contributed by atoms with van der Waals surface area (Å²) in [5.74, 6) is -0.905. The molecule has 0 bridgehead atoms. The zero-order valence-corrected chi connectivity index (χ0v) is 22.8. The van der Waals surface area contributed by atoms with Crippen LogP contribution < -0.4 is 19.7 Å². The Bertz CT molecular complexity index is 1180. The van der Waals surface area contributed by atoms with Crippen LogP contribution in [0.4, 0.5) is 18.9 Å². The van der Waals surface area contributed by atoms with Crippen LogP contribution in [-0.4, -0.2) is 43.0 Å². The van der Waals surface area contributed by atoms with Crippen LogP contribution in [0.5, 0.6) is 11.5 Å². The van der Waals surface area contributed by atoms with Gasteiger partial charge in [-0.25, -0.2) is 0 Å². The van der Waals surface area contributed by atoms with Gasteiger partial charge in [0.15, 0.2) is 0 Å². The molecule has 1 atom stereocenters. The molecule has 214 valence electrons. The maximum atomic E-state index is 13.2. The number of nitrogens with zero attached hydrogens (tertiary/aromatic N) is 1. The van der Waals surface area contributed by atoms with E-state index in [0.717, 1.165) is 43.2 Å². The van der Waals surface area contributed by atoms with Crippen LogP contribution in [0.15, 0.2) is 30.3 Å². The number of carboxylic acid groups (broad SMARTS) is 1. The number of hydrogen-bond acceptors (Lipinski definition) is 5. The van der Waals surface area contributed by atoms with Gasteiger partial charge in [-0.05, 0) is 79.6 Å². The fraction of sp³-hybridized carbons (Fsp3) is 0.500. The van der Waals surface area contributed by atoms with E-state index in [9.17, 15) is 22.8 Å². The maximum Gasteiger partial charge on any atom is 0.573 e. The third-order valence-electron chi connectivity index (χ3n) is 7.43. The number of hydrogen-bond donors (Lipinski definition) is 2. The lowest BCUT2D eigenvalue weighted by Crippen LogP contribution is -2.45. The number of carbonyl (C=O) groups is 2. The molecule has 0 unspecified atom stereocenters. The van der Waals surface area contributed by atoms with Crippen molar-refractivity contribution < 1.29 is 37.3 Å². The summed E-state index contributed by atoms with van der Waals surface area (Å²) in [5, 5.41) is 11.9. The van der Waals surface area contributed by atoms with E-state index in [2.05, 4.69) is 10.1 Å². The lowest BCUT2D eigenvalue weighted by molar-refractivity contribution is -0.275. The molecule has 1 fully saturated rings. The third kappa shape index (κ3) is 7.36. The van der Waals surface area contributed by atoms with Crippen molar-refractivity contribution in [3.05, 3.63) is 52.6 Å². The number of benzene rings is 2. The normalized spacial score (nSPS) is 16.3. The molecule has 0 spiro atoms. The minimum Gasteiger partial charge on any atom is -0.489 e. The number of ether oxygens (including phenoxy) is 2. The molecule has 7 nitrogen and oxygen atoms in total. The van der Waals surface area contributed by atoms with Crippen LogP contribution in [0.1, 0.15) is 66.7 Å². The minimum absolute atomic E-state index is 0. The second-order valence-electron chi connectivity index (χ2n) is 9.91. The predicted molar refractivity (Wildman–Crippen MR) is 143 cm³/mol. The zero-order valence-electron chi connectivity index (χ0n) is 22.0. The first-order valence-corrected chi connectivity index (χ1v) is 12.9. The van der Waals surface area contributed by atoms with Gasteiger partial charge in [0.2, 0.25) is 5.91 Å². The third-order valence-corrected chi connectivity index (χ3v) is 7.43. The molecular weight excluding hydrogens is 537 g/mol. The van der Waals surface area contributed by atoms with Crippen molar-refractivity contribution in [2.24, 2.45) is 0 Å². The fourth-order valence-corrected chi connectivity index (χ4v) is 5.49. The second kappa shape index (κ2) is 12.9. The number of aliphatic carboxylic acids is 1. The topological polar surface area (TPSA) is 88.1 Å². The van der Waals surface area contributed by atoms with Gasteiger partial charge < -0.3 is 24.8 Å². The first-order valence-electron chi connectivity index (χ1n) is 12.9.